The van der Waals surface area contributed by atoms with Gasteiger partial charge in [-0.25, -0.2) is 0 Å². The summed E-state index contributed by atoms with van der Waals surface area (Å²) in [5, 5.41) is 0. The monoisotopic (exact) mass is 266 g/mol. The third-order valence-electron chi connectivity index (χ3n) is 2.26. The van der Waals surface area contributed by atoms with Crippen molar-refractivity contribution in [2.75, 3.05) is 20.8 Å². The largest absolute Gasteiger partial charge is 0.500 e. The first kappa shape index (κ1) is 19.4. The average Bonchev–Trinajstić information content (AvgIpc) is 2.94. The summed E-state index contributed by atoms with van der Waals surface area (Å²) in [6, 6.07) is 0.821. The molecule has 17 heavy (non-hydrogen) atoms. The Labute approximate surface area is 108 Å². The predicted molar refractivity (Wildman–Crippen MR) is 73.2 cm³/mol. The van der Waals surface area contributed by atoms with E-state index in [4.69, 9.17) is 18.0 Å². The minimum absolute atomic E-state index is 0. The van der Waals surface area contributed by atoms with Gasteiger partial charge in [0.15, 0.2) is 0 Å². The molecule has 0 aromatic carbocycles. The summed E-state index contributed by atoms with van der Waals surface area (Å²) in [4.78, 5) is 0. The quantitative estimate of drug-likeness (QED) is 0.547. The number of rotatable bonds is 6. The fourth-order valence-electron chi connectivity index (χ4n) is 1.46. The van der Waals surface area contributed by atoms with Gasteiger partial charge in [-0.15, -0.1) is 0 Å². The minimum atomic E-state index is -2.48. The highest BCUT2D eigenvalue weighted by molar-refractivity contribution is 6.60. The number of hydrogen-bond acceptors (Lipinski definition) is 4. The van der Waals surface area contributed by atoms with Crippen LogP contribution in [0, 0.1) is 0 Å². The Morgan fingerprint density at radius 2 is 1.65 bits per heavy atom. The maximum atomic E-state index is 5.94. The third kappa shape index (κ3) is 7.16. The van der Waals surface area contributed by atoms with E-state index in [1.54, 1.807) is 14.2 Å². The minimum Gasteiger partial charge on any atom is -0.377 e. The smallest absolute Gasteiger partial charge is 0.377 e. The van der Waals surface area contributed by atoms with Gasteiger partial charge in [-0.1, -0.05) is 14.9 Å². The third-order valence-corrected chi connectivity index (χ3v) is 5.33. The average molecular weight is 266 g/mol. The molecule has 0 spiro atoms. The molecule has 0 aliphatic carbocycles. The summed E-state index contributed by atoms with van der Waals surface area (Å²) in [5.41, 5.74) is -0.233. The van der Waals surface area contributed by atoms with E-state index in [0.717, 1.165) is 19.1 Å². The molecule has 0 aromatic rings. The van der Waals surface area contributed by atoms with Gasteiger partial charge in [-0.3, -0.25) is 0 Å². The lowest BCUT2D eigenvalue weighted by molar-refractivity contribution is 0.0159. The van der Waals surface area contributed by atoms with E-state index >= 15 is 0 Å². The standard InChI is InChI=1S/C10H22O4Si.2CH4/c1-10(2,3)14-15(11-4,12-5)7-6-9-8-13-9;;/h9H,6-8H2,1-5H3;2*1H4. The second kappa shape index (κ2) is 7.48. The molecule has 1 rings (SSSR count). The SMILES string of the molecule is C.C.CO[Si](CCC1CO1)(OC)OC(C)(C)C. The summed E-state index contributed by atoms with van der Waals surface area (Å²) in [5.74, 6) is 0. The molecule has 5 heteroatoms. The zero-order valence-electron chi connectivity index (χ0n) is 10.3. The zero-order valence-corrected chi connectivity index (χ0v) is 11.3. The molecule has 0 N–H and O–H groups in total. The lowest BCUT2D eigenvalue weighted by atomic mass is 10.2. The Kier molecular flexibility index (Phi) is 8.54. The van der Waals surface area contributed by atoms with Crippen LogP contribution < -0.4 is 0 Å². The Morgan fingerprint density at radius 1 is 1.18 bits per heavy atom. The Balaban J connectivity index is 0. The molecule has 0 saturated carbocycles. The maximum Gasteiger partial charge on any atom is 0.500 e. The molecule has 1 fully saturated rings. The van der Waals surface area contributed by atoms with Crippen molar-refractivity contribution in [3.63, 3.8) is 0 Å². The van der Waals surface area contributed by atoms with E-state index < -0.39 is 8.80 Å². The Morgan fingerprint density at radius 3 is 1.94 bits per heavy atom. The van der Waals surface area contributed by atoms with Crippen LogP contribution in [0.3, 0.4) is 0 Å². The van der Waals surface area contributed by atoms with Crippen LogP contribution in [0.1, 0.15) is 42.0 Å². The molecule has 1 heterocycles. The molecular formula is C12H30O4Si. The molecule has 0 aromatic heterocycles. The lowest BCUT2D eigenvalue weighted by Crippen LogP contribution is -2.49. The van der Waals surface area contributed by atoms with Crippen LogP contribution in [-0.2, 0) is 18.0 Å². The van der Waals surface area contributed by atoms with Gasteiger partial charge in [0, 0.05) is 20.3 Å². The van der Waals surface area contributed by atoms with Crippen LogP contribution in [0.5, 0.6) is 0 Å². The molecule has 106 valence electrons. The topological polar surface area (TPSA) is 40.2 Å². The van der Waals surface area contributed by atoms with Crippen molar-refractivity contribution in [2.45, 2.75) is 59.8 Å². The molecule has 0 bridgehead atoms. The first-order valence-electron chi connectivity index (χ1n) is 5.33. The van der Waals surface area contributed by atoms with Crippen LogP contribution in [0.15, 0.2) is 0 Å². The molecule has 4 nitrogen and oxygen atoms in total. The van der Waals surface area contributed by atoms with Crippen LogP contribution in [-0.4, -0.2) is 41.3 Å². The van der Waals surface area contributed by atoms with Gasteiger partial charge in [-0.2, -0.15) is 0 Å². The van der Waals surface area contributed by atoms with Gasteiger partial charge < -0.3 is 18.0 Å². The van der Waals surface area contributed by atoms with Crippen molar-refractivity contribution in [3.05, 3.63) is 0 Å². The molecule has 1 aliphatic heterocycles. The van der Waals surface area contributed by atoms with Crippen molar-refractivity contribution in [1.82, 2.24) is 0 Å². The van der Waals surface area contributed by atoms with Crippen LogP contribution in [0.4, 0.5) is 0 Å². The van der Waals surface area contributed by atoms with Crippen molar-refractivity contribution < 1.29 is 18.0 Å². The van der Waals surface area contributed by atoms with Gasteiger partial charge in [0.1, 0.15) is 0 Å². The van der Waals surface area contributed by atoms with Gasteiger partial charge in [-0.05, 0) is 27.2 Å². The number of ether oxygens (including phenoxy) is 1. The van der Waals surface area contributed by atoms with E-state index in [1.807, 2.05) is 20.8 Å². The molecule has 1 atom stereocenters. The van der Waals surface area contributed by atoms with E-state index in [9.17, 15) is 0 Å². The van der Waals surface area contributed by atoms with Gasteiger partial charge in [0.2, 0.25) is 0 Å². The van der Waals surface area contributed by atoms with Crippen molar-refractivity contribution in [2.24, 2.45) is 0 Å². The van der Waals surface area contributed by atoms with Gasteiger partial charge >= 0.3 is 8.80 Å². The second-order valence-electron chi connectivity index (χ2n) is 4.80. The molecule has 1 aliphatic rings. The van der Waals surface area contributed by atoms with E-state index in [2.05, 4.69) is 0 Å². The van der Waals surface area contributed by atoms with Crippen molar-refractivity contribution in [1.29, 1.82) is 0 Å². The Bertz CT molecular complexity index is 195. The first-order valence-corrected chi connectivity index (χ1v) is 7.26. The van der Waals surface area contributed by atoms with Crippen molar-refractivity contribution >= 4 is 8.80 Å². The molecule has 0 radical (unpaired) electrons. The Hall–Kier alpha value is 0.0569. The van der Waals surface area contributed by atoms with Crippen LogP contribution in [0.25, 0.3) is 0 Å². The normalized spacial score (nSPS) is 19.2. The van der Waals surface area contributed by atoms with E-state index in [-0.39, 0.29) is 20.5 Å². The van der Waals surface area contributed by atoms with Gasteiger partial charge in [0.05, 0.1) is 18.3 Å². The lowest BCUT2D eigenvalue weighted by Gasteiger charge is -2.33. The number of hydrogen-bond donors (Lipinski definition) is 0. The summed E-state index contributed by atoms with van der Waals surface area (Å²) >= 11 is 0. The van der Waals surface area contributed by atoms with Crippen LogP contribution in [0.2, 0.25) is 6.04 Å². The first-order chi connectivity index (χ1) is 6.91. The highest BCUT2D eigenvalue weighted by atomic mass is 28.4. The zero-order chi connectivity index (χ0) is 11.5. The summed E-state index contributed by atoms with van der Waals surface area (Å²) in [7, 11) is 0.842. The predicted octanol–water partition coefficient (Wildman–Crippen LogP) is 3.09. The fraction of sp³-hybridized carbons (Fsp3) is 1.00. The van der Waals surface area contributed by atoms with E-state index in [0.29, 0.717) is 6.10 Å². The van der Waals surface area contributed by atoms with Gasteiger partial charge in [0.25, 0.3) is 0 Å². The highest BCUT2D eigenvalue weighted by Gasteiger charge is 2.44. The second-order valence-corrected chi connectivity index (χ2v) is 7.69. The summed E-state index contributed by atoms with van der Waals surface area (Å²) in [6.07, 6.45) is 1.36. The maximum absolute atomic E-state index is 5.94. The molecule has 0 amide bonds. The summed E-state index contributed by atoms with van der Waals surface area (Å²) in [6.45, 7) is 6.91. The van der Waals surface area contributed by atoms with Crippen molar-refractivity contribution in [3.8, 4) is 0 Å². The highest BCUT2D eigenvalue weighted by Crippen LogP contribution is 2.27. The summed E-state index contributed by atoms with van der Waals surface area (Å²) < 4.78 is 22.1. The van der Waals surface area contributed by atoms with Crippen LogP contribution >= 0.6 is 0 Å². The molecular weight excluding hydrogens is 236 g/mol. The number of epoxide rings is 1. The molecule has 1 unspecified atom stereocenters. The fourth-order valence-corrected chi connectivity index (χ4v) is 3.91. The van der Waals surface area contributed by atoms with E-state index in [1.165, 1.54) is 0 Å². The molecule has 1 saturated heterocycles.